The zero-order chi connectivity index (χ0) is 25.7. The van der Waals surface area contributed by atoms with Crippen molar-refractivity contribution in [2.75, 3.05) is 132 Å². The quantitative estimate of drug-likeness (QED) is 0.390. The Morgan fingerprint density at radius 3 is 1.31 bits per heavy atom. The van der Waals surface area contributed by atoms with Gasteiger partial charge >= 0.3 is 0 Å². The maximum Gasteiger partial charge on any atom is 0.248 e. The van der Waals surface area contributed by atoms with E-state index in [2.05, 4.69) is 0 Å². The fourth-order valence-electron chi connectivity index (χ4n) is 3.31. The minimum absolute atomic E-state index is 0.0305. The molecule has 13 heteroatoms. The Bertz CT molecular complexity index is 558. The summed E-state index contributed by atoms with van der Waals surface area (Å²) in [7, 11) is 0. The van der Waals surface area contributed by atoms with E-state index in [4.69, 9.17) is 37.9 Å². The van der Waals surface area contributed by atoms with E-state index >= 15 is 0 Å². The molecule has 2 rings (SSSR count). The van der Waals surface area contributed by atoms with Crippen molar-refractivity contribution in [3.63, 3.8) is 0 Å². The van der Waals surface area contributed by atoms with Crippen molar-refractivity contribution in [3.8, 4) is 0 Å². The molecule has 2 heterocycles. The summed E-state index contributed by atoms with van der Waals surface area (Å²) in [5.41, 5.74) is 0. The lowest BCUT2D eigenvalue weighted by atomic mass is 10.4. The fraction of sp³-hybridized carbons (Fsp3) is 0.913. The van der Waals surface area contributed by atoms with E-state index in [9.17, 15) is 14.7 Å². The molecule has 2 fully saturated rings. The largest absolute Gasteiger partial charge is 0.394 e. The van der Waals surface area contributed by atoms with E-state index < -0.39 is 6.10 Å². The van der Waals surface area contributed by atoms with Gasteiger partial charge in [0.15, 0.2) is 0 Å². The number of carbonyl (C=O) groups excluding carboxylic acids is 2. The molecule has 36 heavy (non-hydrogen) atoms. The van der Waals surface area contributed by atoms with Crippen LogP contribution in [0.15, 0.2) is 0 Å². The number of aliphatic hydroxyl groups is 1. The molecule has 2 saturated heterocycles. The summed E-state index contributed by atoms with van der Waals surface area (Å²) in [4.78, 5) is 28.7. The van der Waals surface area contributed by atoms with Gasteiger partial charge in [0.05, 0.1) is 92.5 Å². The Balaban J connectivity index is 2.05. The van der Waals surface area contributed by atoms with Gasteiger partial charge in [-0.15, -0.1) is 0 Å². The summed E-state index contributed by atoms with van der Waals surface area (Å²) >= 11 is 0. The Morgan fingerprint density at radius 2 is 0.917 bits per heavy atom. The first-order valence-corrected chi connectivity index (χ1v) is 12.5. The third-order valence-electron chi connectivity index (χ3n) is 5.39. The van der Waals surface area contributed by atoms with Crippen LogP contribution in [0, 0.1) is 0 Å². The van der Waals surface area contributed by atoms with Crippen LogP contribution in [-0.2, 0) is 47.5 Å². The summed E-state index contributed by atoms with van der Waals surface area (Å²) in [6.45, 7) is 5.17. The van der Waals surface area contributed by atoms with Gasteiger partial charge in [-0.25, -0.2) is 0 Å². The highest BCUT2D eigenvalue weighted by Gasteiger charge is 2.19. The van der Waals surface area contributed by atoms with Gasteiger partial charge < -0.3 is 52.8 Å². The lowest BCUT2D eigenvalue weighted by molar-refractivity contribution is -0.146. The summed E-state index contributed by atoms with van der Waals surface area (Å²) < 4.78 is 44.4. The first-order valence-electron chi connectivity index (χ1n) is 12.5. The van der Waals surface area contributed by atoms with Gasteiger partial charge in [0.1, 0.15) is 19.3 Å². The minimum Gasteiger partial charge on any atom is -0.394 e. The number of nitrogens with zero attached hydrogens (tertiary/aromatic N) is 2. The molecule has 1 N–H and O–H groups in total. The molecule has 0 aromatic carbocycles. The first kappa shape index (κ1) is 30.8. The molecule has 2 bridgehead atoms. The van der Waals surface area contributed by atoms with Gasteiger partial charge in [0, 0.05) is 26.2 Å². The number of hydrogen-bond donors (Lipinski definition) is 1. The average Bonchev–Trinajstić information content (AvgIpc) is 2.88. The molecular weight excluding hydrogens is 480 g/mol. The van der Waals surface area contributed by atoms with E-state index in [0.717, 1.165) is 0 Å². The Morgan fingerprint density at radius 1 is 0.556 bits per heavy atom. The van der Waals surface area contributed by atoms with E-state index in [1.165, 1.54) is 0 Å². The van der Waals surface area contributed by atoms with E-state index in [1.807, 2.05) is 0 Å². The molecule has 0 spiro atoms. The second-order valence-electron chi connectivity index (χ2n) is 8.07. The summed E-state index contributed by atoms with van der Waals surface area (Å²) in [6, 6.07) is 0. The molecule has 13 nitrogen and oxygen atoms in total. The smallest absolute Gasteiger partial charge is 0.248 e. The van der Waals surface area contributed by atoms with E-state index in [0.29, 0.717) is 105 Å². The third kappa shape index (κ3) is 14.4. The highest BCUT2D eigenvalue weighted by Crippen LogP contribution is 2.00. The molecular formula is C23H42N2O11. The zero-order valence-corrected chi connectivity index (χ0v) is 21.1. The first-order chi connectivity index (χ1) is 17.7. The Labute approximate surface area is 212 Å². The predicted molar refractivity (Wildman–Crippen MR) is 126 cm³/mol. The van der Waals surface area contributed by atoms with Crippen LogP contribution in [0.2, 0.25) is 0 Å². The summed E-state index contributed by atoms with van der Waals surface area (Å²) in [6.07, 6.45) is -0.742. The van der Waals surface area contributed by atoms with Crippen molar-refractivity contribution in [3.05, 3.63) is 0 Å². The Hall–Kier alpha value is -1.42. The van der Waals surface area contributed by atoms with Crippen molar-refractivity contribution in [2.45, 2.75) is 6.10 Å². The molecule has 2 amide bonds. The second kappa shape index (κ2) is 20.6. The lowest BCUT2D eigenvalue weighted by Gasteiger charge is -2.24. The van der Waals surface area contributed by atoms with Crippen LogP contribution in [0.5, 0.6) is 0 Å². The number of fused-ring (bicyclic) bond motifs is 9. The highest BCUT2D eigenvalue weighted by molar-refractivity contribution is 5.77. The summed E-state index contributed by atoms with van der Waals surface area (Å²) in [5.74, 6) is -0.499. The minimum atomic E-state index is -0.742. The van der Waals surface area contributed by atoms with Gasteiger partial charge in [0.25, 0.3) is 0 Å². The average molecular weight is 523 g/mol. The number of hydrogen-bond acceptors (Lipinski definition) is 11. The predicted octanol–water partition coefficient (Wildman–Crippen LogP) is -1.84. The van der Waals surface area contributed by atoms with Crippen LogP contribution in [0.1, 0.15) is 0 Å². The molecule has 0 aliphatic carbocycles. The SMILES string of the molecule is O=C1COCC(CO)OCC(=O)N2CCOCCOCCOCCN1CCOCCOCCOCC2. The van der Waals surface area contributed by atoms with E-state index in [-0.39, 0.29) is 38.2 Å². The molecule has 2 aliphatic rings. The maximum atomic E-state index is 12.8. The molecule has 0 aromatic heterocycles. The highest BCUT2D eigenvalue weighted by atomic mass is 16.6. The molecule has 1 unspecified atom stereocenters. The normalized spacial score (nSPS) is 25.5. The monoisotopic (exact) mass is 522 g/mol. The van der Waals surface area contributed by atoms with E-state index in [1.54, 1.807) is 9.80 Å². The molecule has 0 aromatic rings. The van der Waals surface area contributed by atoms with Crippen LogP contribution >= 0.6 is 0 Å². The molecule has 1 atom stereocenters. The van der Waals surface area contributed by atoms with Crippen molar-refractivity contribution >= 4 is 11.8 Å². The van der Waals surface area contributed by atoms with Crippen LogP contribution in [0.3, 0.4) is 0 Å². The molecule has 0 saturated carbocycles. The molecule has 210 valence electrons. The third-order valence-corrected chi connectivity index (χ3v) is 5.39. The van der Waals surface area contributed by atoms with Crippen LogP contribution in [0.25, 0.3) is 0 Å². The number of aliphatic hydroxyl groups excluding tert-OH is 1. The molecule has 0 radical (unpaired) electrons. The van der Waals surface area contributed by atoms with Crippen molar-refractivity contribution in [1.82, 2.24) is 9.80 Å². The number of ether oxygens (including phenoxy) is 8. The number of rotatable bonds is 1. The fourth-order valence-corrected chi connectivity index (χ4v) is 3.31. The number of carbonyl (C=O) groups is 2. The van der Waals surface area contributed by atoms with Gasteiger partial charge in [-0.2, -0.15) is 0 Å². The summed E-state index contributed by atoms with van der Waals surface area (Å²) in [5, 5.41) is 9.63. The van der Waals surface area contributed by atoms with Gasteiger partial charge in [0.2, 0.25) is 11.8 Å². The maximum absolute atomic E-state index is 12.8. The van der Waals surface area contributed by atoms with Crippen molar-refractivity contribution < 1.29 is 52.6 Å². The molecule has 2 aliphatic heterocycles. The standard InChI is InChI=1S/C23H42N2O11/c26-17-21-18-35-19-22(27)24-1-5-29-9-13-33-15-11-31-7-3-25(23(28)20-36-21)4-8-32-12-16-34-14-10-30-6-2-24/h21,26H,1-20H2. The van der Waals surface area contributed by atoms with Crippen LogP contribution < -0.4 is 0 Å². The van der Waals surface area contributed by atoms with Gasteiger partial charge in [-0.05, 0) is 0 Å². The van der Waals surface area contributed by atoms with Crippen LogP contribution in [0.4, 0.5) is 0 Å². The Kier molecular flexibility index (Phi) is 17.6. The van der Waals surface area contributed by atoms with Crippen molar-refractivity contribution in [1.29, 1.82) is 0 Å². The lowest BCUT2D eigenvalue weighted by Crippen LogP contribution is -2.41. The topological polar surface area (TPSA) is 135 Å². The second-order valence-corrected chi connectivity index (χ2v) is 8.07. The number of amides is 2. The van der Waals surface area contributed by atoms with Crippen LogP contribution in [-0.4, -0.2) is 165 Å². The van der Waals surface area contributed by atoms with Gasteiger partial charge in [-0.3, -0.25) is 9.59 Å². The zero-order valence-electron chi connectivity index (χ0n) is 21.1. The van der Waals surface area contributed by atoms with Crippen molar-refractivity contribution in [2.24, 2.45) is 0 Å². The van der Waals surface area contributed by atoms with Gasteiger partial charge in [-0.1, -0.05) is 0 Å².